The Hall–Kier alpha value is -2.68. The van der Waals surface area contributed by atoms with Crippen molar-refractivity contribution in [2.75, 3.05) is 19.6 Å². The third-order valence-corrected chi connectivity index (χ3v) is 5.44. The van der Waals surface area contributed by atoms with Crippen LogP contribution in [-0.4, -0.2) is 69.2 Å². The zero-order chi connectivity index (χ0) is 17.4. The van der Waals surface area contributed by atoms with Crippen molar-refractivity contribution in [3.8, 4) is 0 Å². The maximum atomic E-state index is 12.7. The Morgan fingerprint density at radius 3 is 2.96 bits per heavy atom. The first kappa shape index (κ1) is 15.8. The molecule has 0 aromatic carbocycles. The van der Waals surface area contributed by atoms with Crippen LogP contribution >= 0.6 is 11.3 Å². The zero-order valence-corrected chi connectivity index (χ0v) is 14.2. The van der Waals surface area contributed by atoms with Crippen LogP contribution in [0.3, 0.4) is 0 Å². The molecule has 3 amide bonds. The van der Waals surface area contributed by atoms with E-state index in [1.54, 1.807) is 28.4 Å². The van der Waals surface area contributed by atoms with Crippen molar-refractivity contribution in [3.05, 3.63) is 40.6 Å². The zero-order valence-electron chi connectivity index (χ0n) is 13.3. The summed E-state index contributed by atoms with van der Waals surface area (Å²) in [5.41, 5.74) is 0.795. The number of hydrogen-bond acceptors (Lipinski definition) is 5. The molecule has 2 N–H and O–H groups in total. The van der Waals surface area contributed by atoms with Crippen LogP contribution in [0.2, 0.25) is 0 Å². The van der Waals surface area contributed by atoms with Crippen LogP contribution in [0.15, 0.2) is 30.0 Å². The van der Waals surface area contributed by atoms with E-state index in [1.165, 1.54) is 11.3 Å². The summed E-state index contributed by atoms with van der Waals surface area (Å²) in [5, 5.41) is 4.63. The van der Waals surface area contributed by atoms with Gasteiger partial charge in [-0.3, -0.25) is 14.4 Å². The number of amides is 3. The van der Waals surface area contributed by atoms with Crippen molar-refractivity contribution in [2.45, 2.75) is 18.5 Å². The lowest BCUT2D eigenvalue weighted by Crippen LogP contribution is -2.70. The summed E-state index contributed by atoms with van der Waals surface area (Å²) < 4.78 is 0. The van der Waals surface area contributed by atoms with Crippen LogP contribution in [0, 0.1) is 0 Å². The molecular formula is C16H17N5O3S. The average Bonchev–Trinajstić information content (AvgIpc) is 3.32. The topological polar surface area (TPSA) is 98.4 Å². The van der Waals surface area contributed by atoms with Gasteiger partial charge in [0.05, 0.1) is 17.7 Å². The third-order valence-electron chi connectivity index (χ3n) is 4.58. The molecule has 0 aliphatic carbocycles. The number of fused-ring (bicyclic) bond motifs is 1. The summed E-state index contributed by atoms with van der Waals surface area (Å²) in [7, 11) is 0. The molecule has 0 spiro atoms. The number of nitrogens with zero attached hydrogens (tertiary/aromatic N) is 3. The fraction of sp³-hybridized carbons (Fsp3) is 0.375. The second-order valence-corrected chi connectivity index (χ2v) is 7.07. The van der Waals surface area contributed by atoms with E-state index in [4.69, 9.17) is 0 Å². The average molecular weight is 359 g/mol. The highest BCUT2D eigenvalue weighted by Crippen LogP contribution is 2.20. The van der Waals surface area contributed by atoms with Gasteiger partial charge >= 0.3 is 0 Å². The molecule has 9 heteroatoms. The summed E-state index contributed by atoms with van der Waals surface area (Å²) in [5.74, 6) is -0.412. The molecule has 2 aliphatic heterocycles. The Morgan fingerprint density at radius 1 is 1.36 bits per heavy atom. The minimum atomic E-state index is -0.622. The Balaban J connectivity index is 1.47. The number of carbonyl (C=O) groups is 3. The van der Waals surface area contributed by atoms with E-state index in [2.05, 4.69) is 15.3 Å². The van der Waals surface area contributed by atoms with Crippen LogP contribution in [0.4, 0.5) is 0 Å². The third kappa shape index (κ3) is 2.91. The quantitative estimate of drug-likeness (QED) is 0.797. The van der Waals surface area contributed by atoms with Crippen LogP contribution < -0.4 is 5.32 Å². The Labute approximate surface area is 147 Å². The summed E-state index contributed by atoms with van der Waals surface area (Å²) in [4.78, 5) is 48.5. The van der Waals surface area contributed by atoms with Gasteiger partial charge in [-0.25, -0.2) is 4.98 Å². The van der Waals surface area contributed by atoms with Gasteiger partial charge in [0.25, 0.3) is 5.91 Å². The predicted octanol–water partition coefficient (Wildman–Crippen LogP) is -0.135. The van der Waals surface area contributed by atoms with Crippen molar-refractivity contribution < 1.29 is 14.4 Å². The number of hydrogen-bond donors (Lipinski definition) is 2. The highest BCUT2D eigenvalue weighted by molar-refractivity contribution is 7.12. The monoisotopic (exact) mass is 359 g/mol. The van der Waals surface area contributed by atoms with Crippen molar-refractivity contribution in [1.82, 2.24) is 25.1 Å². The van der Waals surface area contributed by atoms with Gasteiger partial charge in [-0.15, -0.1) is 11.3 Å². The van der Waals surface area contributed by atoms with E-state index >= 15 is 0 Å². The predicted molar refractivity (Wildman–Crippen MR) is 89.9 cm³/mol. The molecule has 4 rings (SSSR count). The van der Waals surface area contributed by atoms with E-state index in [1.807, 2.05) is 11.4 Å². The number of rotatable bonds is 3. The number of carbonyl (C=O) groups excluding carboxylic acids is 3. The maximum absolute atomic E-state index is 12.7. The van der Waals surface area contributed by atoms with Crippen molar-refractivity contribution >= 4 is 29.1 Å². The molecule has 25 heavy (non-hydrogen) atoms. The Bertz CT molecular complexity index is 789. The van der Waals surface area contributed by atoms with Gasteiger partial charge in [-0.1, -0.05) is 6.07 Å². The van der Waals surface area contributed by atoms with Crippen molar-refractivity contribution in [1.29, 1.82) is 0 Å². The Morgan fingerprint density at radius 2 is 2.24 bits per heavy atom. The standard InChI is InChI=1S/C16H17N5O3S/c22-14-12-8-20(16(24)13-2-1-5-25-13)3-4-21(12)15(23)11(19-14)6-10-7-17-9-18-10/h1-2,5,7,9,11-12H,3-4,6,8H2,(H,17,18)(H,19,22)/t11-,12+/m0/s1. The van der Waals surface area contributed by atoms with Crippen LogP contribution in [0.1, 0.15) is 15.4 Å². The first-order valence-electron chi connectivity index (χ1n) is 8.04. The Kier molecular flexibility index (Phi) is 4.00. The van der Waals surface area contributed by atoms with E-state index in [9.17, 15) is 14.4 Å². The molecule has 4 heterocycles. The fourth-order valence-electron chi connectivity index (χ4n) is 3.30. The number of imidazole rings is 1. The minimum Gasteiger partial charge on any atom is -0.348 e. The summed E-state index contributed by atoms with van der Waals surface area (Å²) in [6.07, 6.45) is 3.57. The van der Waals surface area contributed by atoms with Crippen molar-refractivity contribution in [3.63, 3.8) is 0 Å². The molecule has 2 aliphatic rings. The second kappa shape index (κ2) is 6.32. The summed E-state index contributed by atoms with van der Waals surface area (Å²) in [6.45, 7) is 1.03. The molecular weight excluding hydrogens is 342 g/mol. The SMILES string of the molecule is O=C1N[C@@H](Cc2cnc[nH]2)C(=O)N2CCN(C(=O)c3cccs3)C[C@H]12. The molecule has 0 unspecified atom stereocenters. The van der Waals surface area contributed by atoms with Gasteiger partial charge in [-0.05, 0) is 11.4 Å². The van der Waals surface area contributed by atoms with Gasteiger partial charge < -0.3 is 20.1 Å². The highest BCUT2D eigenvalue weighted by atomic mass is 32.1. The molecule has 0 bridgehead atoms. The van der Waals surface area contributed by atoms with Gasteiger partial charge in [0, 0.05) is 31.4 Å². The maximum Gasteiger partial charge on any atom is 0.264 e. The van der Waals surface area contributed by atoms with Crippen molar-refractivity contribution in [2.24, 2.45) is 0 Å². The molecule has 0 saturated carbocycles. The van der Waals surface area contributed by atoms with E-state index < -0.39 is 12.1 Å². The molecule has 2 atom stereocenters. The number of H-pyrrole nitrogens is 1. The number of thiophene rings is 1. The molecule has 130 valence electrons. The number of piperazine rings is 2. The summed E-state index contributed by atoms with van der Waals surface area (Å²) in [6, 6.07) is 2.38. The first-order valence-corrected chi connectivity index (χ1v) is 8.92. The molecule has 0 radical (unpaired) electrons. The number of aromatic amines is 1. The minimum absolute atomic E-state index is 0.0884. The second-order valence-electron chi connectivity index (χ2n) is 6.12. The molecule has 2 saturated heterocycles. The van der Waals surface area contributed by atoms with E-state index in [0.29, 0.717) is 24.4 Å². The van der Waals surface area contributed by atoms with Gasteiger partial charge in [0.1, 0.15) is 12.1 Å². The van der Waals surface area contributed by atoms with Gasteiger partial charge in [0.15, 0.2) is 0 Å². The first-order chi connectivity index (χ1) is 12.1. The molecule has 8 nitrogen and oxygen atoms in total. The van der Waals surface area contributed by atoms with E-state index in [-0.39, 0.29) is 24.3 Å². The lowest BCUT2D eigenvalue weighted by atomic mass is 10.0. The van der Waals surface area contributed by atoms with Crippen LogP contribution in [0.25, 0.3) is 0 Å². The molecule has 2 aromatic heterocycles. The molecule has 2 fully saturated rings. The van der Waals surface area contributed by atoms with Crippen LogP contribution in [-0.2, 0) is 16.0 Å². The van der Waals surface area contributed by atoms with Crippen LogP contribution in [0.5, 0.6) is 0 Å². The lowest BCUT2D eigenvalue weighted by Gasteiger charge is -2.45. The smallest absolute Gasteiger partial charge is 0.264 e. The fourth-order valence-corrected chi connectivity index (χ4v) is 3.99. The lowest BCUT2D eigenvalue weighted by molar-refractivity contribution is -0.152. The van der Waals surface area contributed by atoms with Gasteiger partial charge in [-0.2, -0.15) is 0 Å². The normalized spacial score (nSPS) is 23.4. The largest absolute Gasteiger partial charge is 0.348 e. The van der Waals surface area contributed by atoms with E-state index in [0.717, 1.165) is 5.69 Å². The summed E-state index contributed by atoms with van der Waals surface area (Å²) >= 11 is 1.38. The number of nitrogens with one attached hydrogen (secondary N) is 2. The highest BCUT2D eigenvalue weighted by Gasteiger charge is 2.44. The molecule has 2 aromatic rings. The van der Waals surface area contributed by atoms with Gasteiger partial charge in [0.2, 0.25) is 11.8 Å². The number of aromatic nitrogens is 2.